The van der Waals surface area contributed by atoms with E-state index < -0.39 is 0 Å². The van der Waals surface area contributed by atoms with Gasteiger partial charge in [-0.15, -0.1) is 0 Å². The second kappa shape index (κ2) is 4.24. The number of halogens is 1. The Morgan fingerprint density at radius 3 is 2.79 bits per heavy atom. The number of hydrogen-bond donors (Lipinski definition) is 1. The maximum atomic E-state index is 13.2. The predicted molar refractivity (Wildman–Crippen MR) is 70.1 cm³/mol. The SMILES string of the molecule is Cn1cc(-c2nn(-c3cccc(F)c3)cc2N)cn1. The minimum absolute atomic E-state index is 0.311. The Morgan fingerprint density at radius 1 is 1.26 bits per heavy atom. The summed E-state index contributed by atoms with van der Waals surface area (Å²) in [7, 11) is 1.82. The number of nitrogens with zero attached hydrogens (tertiary/aromatic N) is 4. The van der Waals surface area contributed by atoms with Gasteiger partial charge in [-0.1, -0.05) is 6.07 Å². The van der Waals surface area contributed by atoms with Crippen LogP contribution in [0.2, 0.25) is 0 Å². The van der Waals surface area contributed by atoms with Crippen LogP contribution in [0.15, 0.2) is 42.9 Å². The van der Waals surface area contributed by atoms with Crippen molar-refractivity contribution in [2.75, 3.05) is 5.73 Å². The van der Waals surface area contributed by atoms with Crippen LogP contribution in [0.3, 0.4) is 0 Å². The first-order chi connectivity index (χ1) is 9.13. The highest BCUT2D eigenvalue weighted by Crippen LogP contribution is 2.24. The van der Waals surface area contributed by atoms with Crippen LogP contribution in [0.5, 0.6) is 0 Å². The smallest absolute Gasteiger partial charge is 0.125 e. The molecular formula is C13H12FN5. The van der Waals surface area contributed by atoms with Crippen LogP contribution in [-0.4, -0.2) is 19.6 Å². The lowest BCUT2D eigenvalue weighted by molar-refractivity contribution is 0.625. The molecule has 0 unspecified atom stereocenters. The van der Waals surface area contributed by atoms with Crippen LogP contribution >= 0.6 is 0 Å². The Hall–Kier alpha value is -2.63. The number of benzene rings is 1. The molecule has 0 aliphatic heterocycles. The van der Waals surface area contributed by atoms with Crippen molar-refractivity contribution in [3.63, 3.8) is 0 Å². The van der Waals surface area contributed by atoms with Crippen molar-refractivity contribution in [1.82, 2.24) is 19.6 Å². The molecule has 96 valence electrons. The van der Waals surface area contributed by atoms with Crippen molar-refractivity contribution in [3.05, 3.63) is 48.7 Å². The van der Waals surface area contributed by atoms with Crippen molar-refractivity contribution in [3.8, 4) is 16.9 Å². The average Bonchev–Trinajstić information content (AvgIpc) is 2.95. The summed E-state index contributed by atoms with van der Waals surface area (Å²) in [6.45, 7) is 0. The van der Waals surface area contributed by atoms with Crippen LogP contribution in [0, 0.1) is 5.82 Å². The van der Waals surface area contributed by atoms with Crippen LogP contribution in [0.25, 0.3) is 16.9 Å². The van der Waals surface area contributed by atoms with Crippen LogP contribution in [0.4, 0.5) is 10.1 Å². The average molecular weight is 257 g/mol. The molecule has 0 saturated heterocycles. The lowest BCUT2D eigenvalue weighted by atomic mass is 10.2. The highest BCUT2D eigenvalue weighted by molar-refractivity contribution is 5.71. The molecule has 6 heteroatoms. The van der Waals surface area contributed by atoms with E-state index in [-0.39, 0.29) is 5.82 Å². The lowest BCUT2D eigenvalue weighted by Gasteiger charge is -2.00. The van der Waals surface area contributed by atoms with Gasteiger partial charge >= 0.3 is 0 Å². The molecule has 0 fully saturated rings. The van der Waals surface area contributed by atoms with Crippen LogP contribution < -0.4 is 5.73 Å². The molecule has 2 N–H and O–H groups in total. The molecule has 0 bridgehead atoms. The molecule has 0 spiro atoms. The van der Waals surface area contributed by atoms with E-state index in [1.54, 1.807) is 33.9 Å². The monoisotopic (exact) mass is 257 g/mol. The van der Waals surface area contributed by atoms with Gasteiger partial charge in [-0.05, 0) is 18.2 Å². The van der Waals surface area contributed by atoms with E-state index in [2.05, 4.69) is 10.2 Å². The van der Waals surface area contributed by atoms with Gasteiger partial charge in [0.15, 0.2) is 0 Å². The molecule has 3 rings (SSSR count). The lowest BCUT2D eigenvalue weighted by Crippen LogP contribution is -1.95. The zero-order chi connectivity index (χ0) is 13.4. The summed E-state index contributed by atoms with van der Waals surface area (Å²) in [6, 6.07) is 6.19. The summed E-state index contributed by atoms with van der Waals surface area (Å²) in [6.07, 6.45) is 5.18. The highest BCUT2D eigenvalue weighted by atomic mass is 19.1. The van der Waals surface area contributed by atoms with Crippen molar-refractivity contribution in [2.45, 2.75) is 0 Å². The molecule has 3 aromatic rings. The first-order valence-corrected chi connectivity index (χ1v) is 5.73. The van der Waals surface area contributed by atoms with Gasteiger partial charge in [0.2, 0.25) is 0 Å². The highest BCUT2D eigenvalue weighted by Gasteiger charge is 2.11. The number of aryl methyl sites for hydroxylation is 1. The molecule has 2 heterocycles. The van der Waals surface area contributed by atoms with Gasteiger partial charge in [-0.3, -0.25) is 4.68 Å². The quantitative estimate of drug-likeness (QED) is 0.763. The summed E-state index contributed by atoms with van der Waals surface area (Å²) >= 11 is 0. The van der Waals surface area contributed by atoms with Crippen molar-refractivity contribution in [2.24, 2.45) is 7.05 Å². The second-order valence-electron chi connectivity index (χ2n) is 4.26. The van der Waals surface area contributed by atoms with Gasteiger partial charge in [-0.25, -0.2) is 9.07 Å². The van der Waals surface area contributed by atoms with E-state index in [4.69, 9.17) is 5.73 Å². The van der Waals surface area contributed by atoms with E-state index in [0.29, 0.717) is 17.1 Å². The molecule has 5 nitrogen and oxygen atoms in total. The summed E-state index contributed by atoms with van der Waals surface area (Å²) in [5.41, 5.74) is 8.56. The Kier molecular flexibility index (Phi) is 2.56. The zero-order valence-electron chi connectivity index (χ0n) is 10.3. The summed E-state index contributed by atoms with van der Waals surface area (Å²) in [5.74, 6) is -0.311. The zero-order valence-corrected chi connectivity index (χ0v) is 10.3. The van der Waals surface area contributed by atoms with Gasteiger partial charge in [0.05, 0.1) is 23.8 Å². The van der Waals surface area contributed by atoms with Gasteiger partial charge in [0, 0.05) is 18.8 Å². The summed E-state index contributed by atoms with van der Waals surface area (Å²) in [4.78, 5) is 0. The number of nitrogen functional groups attached to an aromatic ring is 1. The van der Waals surface area contributed by atoms with E-state index in [1.165, 1.54) is 12.1 Å². The number of hydrogen-bond acceptors (Lipinski definition) is 3. The molecule has 19 heavy (non-hydrogen) atoms. The van der Waals surface area contributed by atoms with E-state index >= 15 is 0 Å². The third-order valence-corrected chi connectivity index (χ3v) is 2.79. The second-order valence-corrected chi connectivity index (χ2v) is 4.26. The molecule has 2 aromatic heterocycles. The van der Waals surface area contributed by atoms with E-state index in [0.717, 1.165) is 5.56 Å². The fourth-order valence-corrected chi connectivity index (χ4v) is 1.91. The summed E-state index contributed by atoms with van der Waals surface area (Å²) < 4.78 is 16.4. The number of rotatable bonds is 2. The Bertz CT molecular complexity index is 728. The van der Waals surface area contributed by atoms with Gasteiger partial charge < -0.3 is 5.73 Å². The Labute approximate surface area is 109 Å². The maximum absolute atomic E-state index is 13.2. The van der Waals surface area contributed by atoms with Crippen LogP contribution in [0.1, 0.15) is 0 Å². The van der Waals surface area contributed by atoms with Crippen molar-refractivity contribution >= 4 is 5.69 Å². The Balaban J connectivity index is 2.06. The molecule has 0 atom stereocenters. The summed E-state index contributed by atoms with van der Waals surface area (Å²) in [5, 5.41) is 8.46. The van der Waals surface area contributed by atoms with Gasteiger partial charge in [0.1, 0.15) is 11.5 Å². The first-order valence-electron chi connectivity index (χ1n) is 5.73. The fraction of sp³-hybridized carbons (Fsp3) is 0.0769. The van der Waals surface area contributed by atoms with Crippen molar-refractivity contribution < 1.29 is 4.39 Å². The molecule has 0 aliphatic rings. The van der Waals surface area contributed by atoms with Gasteiger partial charge in [0.25, 0.3) is 0 Å². The molecule has 0 radical (unpaired) electrons. The normalized spacial score (nSPS) is 10.8. The molecule has 1 aromatic carbocycles. The molecule has 0 aliphatic carbocycles. The standard InChI is InChI=1S/C13H12FN5/c1-18-7-9(6-16-18)13-12(15)8-19(17-13)11-4-2-3-10(14)5-11/h2-8H,15H2,1H3. The van der Waals surface area contributed by atoms with Gasteiger partial charge in [-0.2, -0.15) is 10.2 Å². The van der Waals surface area contributed by atoms with E-state index in [9.17, 15) is 4.39 Å². The topological polar surface area (TPSA) is 61.7 Å². The molecular weight excluding hydrogens is 245 g/mol. The predicted octanol–water partition coefficient (Wildman–Crippen LogP) is 1.99. The fourth-order valence-electron chi connectivity index (χ4n) is 1.91. The minimum Gasteiger partial charge on any atom is -0.396 e. The third kappa shape index (κ3) is 2.08. The number of anilines is 1. The number of nitrogens with two attached hydrogens (primary N) is 1. The largest absolute Gasteiger partial charge is 0.396 e. The molecule has 0 saturated carbocycles. The minimum atomic E-state index is -0.311. The van der Waals surface area contributed by atoms with E-state index in [1.807, 2.05) is 13.2 Å². The third-order valence-electron chi connectivity index (χ3n) is 2.79. The van der Waals surface area contributed by atoms with Crippen molar-refractivity contribution in [1.29, 1.82) is 0 Å². The van der Waals surface area contributed by atoms with Crippen LogP contribution in [-0.2, 0) is 7.05 Å². The number of aromatic nitrogens is 4. The maximum Gasteiger partial charge on any atom is 0.125 e. The first kappa shape index (κ1) is 11.5. The Morgan fingerprint density at radius 2 is 2.11 bits per heavy atom. The molecule has 0 amide bonds.